The van der Waals surface area contributed by atoms with E-state index >= 15 is 0 Å². The van der Waals surface area contributed by atoms with Crippen LogP contribution in [0.4, 0.5) is 10.5 Å². The van der Waals surface area contributed by atoms with Crippen LogP contribution >= 0.6 is 0 Å². The molecular formula is C26H22N4O2. The Kier molecular flexibility index (Phi) is 4.87. The van der Waals surface area contributed by atoms with Crippen LogP contribution in [0.1, 0.15) is 23.1 Å². The fraction of sp³-hybridized carbons (Fsp3) is 0.192. The highest BCUT2D eigenvalue weighted by atomic mass is 16.2. The summed E-state index contributed by atoms with van der Waals surface area (Å²) in [5.74, 6) is -0.0257. The molecule has 6 heteroatoms. The lowest BCUT2D eigenvalue weighted by Crippen LogP contribution is -2.42. The number of carbonyl (C=O) groups excluding carboxylic acids is 2. The van der Waals surface area contributed by atoms with Gasteiger partial charge in [0.25, 0.3) is 0 Å². The molecule has 1 spiro atoms. The van der Waals surface area contributed by atoms with Crippen molar-refractivity contribution in [3.8, 4) is 17.2 Å². The summed E-state index contributed by atoms with van der Waals surface area (Å²) in [6, 6.07) is 25.1. The summed E-state index contributed by atoms with van der Waals surface area (Å²) in [6.45, 7) is 1.31. The third kappa shape index (κ3) is 3.28. The quantitative estimate of drug-likeness (QED) is 0.668. The number of carbonyl (C=O) groups is 2. The third-order valence-electron chi connectivity index (χ3n) is 6.44. The van der Waals surface area contributed by atoms with E-state index in [1.54, 1.807) is 11.0 Å². The van der Waals surface area contributed by atoms with Gasteiger partial charge in [-0.3, -0.25) is 4.79 Å². The van der Waals surface area contributed by atoms with Crippen molar-refractivity contribution in [3.63, 3.8) is 0 Å². The zero-order valence-electron chi connectivity index (χ0n) is 17.5. The predicted molar refractivity (Wildman–Crippen MR) is 122 cm³/mol. The molecule has 2 aliphatic heterocycles. The SMILES string of the molecule is N#Cc1ccccc1-c1ccc(CNC(=O)N2CCC3(C2)C(=O)Nc2ccccc23)cc1. The Balaban J connectivity index is 1.24. The summed E-state index contributed by atoms with van der Waals surface area (Å²) in [5, 5.41) is 15.2. The maximum Gasteiger partial charge on any atom is 0.317 e. The topological polar surface area (TPSA) is 85.2 Å². The zero-order chi connectivity index (χ0) is 22.1. The number of hydrogen-bond acceptors (Lipinski definition) is 3. The van der Waals surface area contributed by atoms with Crippen molar-refractivity contribution in [1.82, 2.24) is 10.2 Å². The first-order valence-electron chi connectivity index (χ1n) is 10.6. The number of fused-ring (bicyclic) bond motifs is 2. The van der Waals surface area contributed by atoms with Gasteiger partial charge in [0.2, 0.25) is 5.91 Å². The largest absolute Gasteiger partial charge is 0.334 e. The summed E-state index contributed by atoms with van der Waals surface area (Å²) in [5.41, 5.74) is 4.63. The minimum Gasteiger partial charge on any atom is -0.334 e. The monoisotopic (exact) mass is 422 g/mol. The molecule has 1 unspecified atom stereocenters. The van der Waals surface area contributed by atoms with Gasteiger partial charge in [-0.1, -0.05) is 60.7 Å². The number of hydrogen-bond donors (Lipinski definition) is 2. The Hall–Kier alpha value is -4.11. The van der Waals surface area contributed by atoms with Crippen molar-refractivity contribution >= 4 is 17.6 Å². The fourth-order valence-electron chi connectivity index (χ4n) is 4.69. The second-order valence-corrected chi connectivity index (χ2v) is 8.27. The molecule has 0 radical (unpaired) electrons. The first-order chi connectivity index (χ1) is 15.6. The molecule has 0 aliphatic carbocycles. The van der Waals surface area contributed by atoms with Gasteiger partial charge in [-0.25, -0.2) is 4.79 Å². The molecule has 1 fully saturated rings. The lowest BCUT2D eigenvalue weighted by molar-refractivity contribution is -0.120. The van der Waals surface area contributed by atoms with Crippen molar-refractivity contribution in [2.45, 2.75) is 18.4 Å². The first-order valence-corrected chi connectivity index (χ1v) is 10.6. The molecule has 3 amide bonds. The van der Waals surface area contributed by atoms with Gasteiger partial charge in [0, 0.05) is 25.3 Å². The van der Waals surface area contributed by atoms with Crippen molar-refractivity contribution in [3.05, 3.63) is 89.5 Å². The van der Waals surface area contributed by atoms with Crippen molar-refractivity contribution < 1.29 is 9.59 Å². The highest BCUT2D eigenvalue weighted by Gasteiger charge is 2.51. The normalized spacial score (nSPS) is 18.8. The molecule has 1 atom stereocenters. The number of nitriles is 1. The number of nitrogens with zero attached hydrogens (tertiary/aromatic N) is 2. The van der Waals surface area contributed by atoms with Crippen LogP contribution in [0.25, 0.3) is 11.1 Å². The summed E-state index contributed by atoms with van der Waals surface area (Å²) in [7, 11) is 0. The minimum absolute atomic E-state index is 0.0257. The van der Waals surface area contributed by atoms with Gasteiger partial charge in [0.05, 0.1) is 17.0 Å². The van der Waals surface area contributed by atoms with E-state index in [0.29, 0.717) is 31.6 Å². The van der Waals surface area contributed by atoms with E-state index in [-0.39, 0.29) is 11.9 Å². The summed E-state index contributed by atoms with van der Waals surface area (Å²) < 4.78 is 0. The van der Waals surface area contributed by atoms with Crippen LogP contribution in [0.15, 0.2) is 72.8 Å². The fourth-order valence-corrected chi connectivity index (χ4v) is 4.69. The van der Waals surface area contributed by atoms with Crippen molar-refractivity contribution in [2.24, 2.45) is 0 Å². The van der Waals surface area contributed by atoms with Gasteiger partial charge in [0.15, 0.2) is 0 Å². The van der Waals surface area contributed by atoms with Crippen LogP contribution in [-0.4, -0.2) is 29.9 Å². The Bertz CT molecular complexity index is 1250. The molecule has 5 rings (SSSR count). The van der Waals surface area contributed by atoms with Crippen LogP contribution in [-0.2, 0) is 16.8 Å². The van der Waals surface area contributed by atoms with Gasteiger partial charge in [-0.2, -0.15) is 5.26 Å². The smallest absolute Gasteiger partial charge is 0.317 e. The van der Waals surface area contributed by atoms with E-state index in [4.69, 9.17) is 0 Å². The maximum absolute atomic E-state index is 12.8. The molecule has 2 heterocycles. The molecule has 0 bridgehead atoms. The van der Waals surface area contributed by atoms with E-state index in [2.05, 4.69) is 16.7 Å². The molecule has 2 N–H and O–H groups in total. The van der Waals surface area contributed by atoms with Gasteiger partial charge in [-0.15, -0.1) is 0 Å². The highest BCUT2D eigenvalue weighted by molar-refractivity contribution is 6.07. The van der Waals surface area contributed by atoms with Crippen LogP contribution < -0.4 is 10.6 Å². The number of rotatable bonds is 3. The molecule has 158 valence electrons. The minimum atomic E-state index is -0.649. The van der Waals surface area contributed by atoms with Crippen LogP contribution in [0.3, 0.4) is 0 Å². The Morgan fingerprint density at radius 3 is 2.62 bits per heavy atom. The van der Waals surface area contributed by atoms with Gasteiger partial charge in [0.1, 0.15) is 0 Å². The molecule has 3 aromatic carbocycles. The Morgan fingerprint density at radius 1 is 1.06 bits per heavy atom. The molecule has 2 aliphatic rings. The molecule has 3 aromatic rings. The average Bonchev–Trinajstić information content (AvgIpc) is 3.40. The van der Waals surface area contributed by atoms with E-state index < -0.39 is 5.41 Å². The summed E-state index contributed by atoms with van der Waals surface area (Å²) in [4.78, 5) is 27.2. The lowest BCUT2D eigenvalue weighted by atomic mass is 9.81. The molecule has 6 nitrogen and oxygen atoms in total. The van der Waals surface area contributed by atoms with Crippen molar-refractivity contribution in [1.29, 1.82) is 5.26 Å². The zero-order valence-corrected chi connectivity index (χ0v) is 17.5. The van der Waals surface area contributed by atoms with Crippen LogP contribution in [0.5, 0.6) is 0 Å². The molecule has 1 saturated heterocycles. The van der Waals surface area contributed by atoms with E-state index in [9.17, 15) is 14.9 Å². The first kappa shape index (κ1) is 19.8. The molecule has 0 saturated carbocycles. The lowest BCUT2D eigenvalue weighted by Gasteiger charge is -2.22. The number of amides is 3. The maximum atomic E-state index is 12.8. The number of benzene rings is 3. The second kappa shape index (κ2) is 7.86. The van der Waals surface area contributed by atoms with Gasteiger partial charge >= 0.3 is 6.03 Å². The van der Waals surface area contributed by atoms with Crippen LogP contribution in [0, 0.1) is 11.3 Å². The highest BCUT2D eigenvalue weighted by Crippen LogP contribution is 2.43. The number of urea groups is 1. The standard InChI is InChI=1S/C26H22N4O2/c27-15-20-5-1-2-6-21(20)19-11-9-18(10-12-19)16-28-25(32)30-14-13-26(17-30)22-7-3-4-8-23(22)29-24(26)31/h1-12H,13-14,16-17H2,(H,28,32)(H,29,31). The second-order valence-electron chi connectivity index (χ2n) is 8.27. The predicted octanol–water partition coefficient (Wildman–Crippen LogP) is 4.03. The number of para-hydroxylation sites is 1. The molecule has 0 aromatic heterocycles. The van der Waals surface area contributed by atoms with Gasteiger partial charge in [-0.05, 0) is 40.8 Å². The van der Waals surface area contributed by atoms with E-state index in [1.807, 2.05) is 66.7 Å². The number of anilines is 1. The molecular weight excluding hydrogens is 400 g/mol. The Labute approximate surface area is 186 Å². The average molecular weight is 422 g/mol. The number of nitrogens with one attached hydrogen (secondary N) is 2. The van der Waals surface area contributed by atoms with E-state index in [1.165, 1.54) is 0 Å². The molecule has 32 heavy (non-hydrogen) atoms. The van der Waals surface area contributed by atoms with E-state index in [0.717, 1.165) is 27.9 Å². The number of likely N-dealkylation sites (tertiary alicyclic amines) is 1. The van der Waals surface area contributed by atoms with Gasteiger partial charge < -0.3 is 15.5 Å². The third-order valence-corrected chi connectivity index (χ3v) is 6.44. The summed E-state index contributed by atoms with van der Waals surface area (Å²) >= 11 is 0. The van der Waals surface area contributed by atoms with Crippen molar-refractivity contribution in [2.75, 3.05) is 18.4 Å². The van der Waals surface area contributed by atoms with Crippen LogP contribution in [0.2, 0.25) is 0 Å². The summed E-state index contributed by atoms with van der Waals surface area (Å²) in [6.07, 6.45) is 0.621. The Morgan fingerprint density at radius 2 is 1.81 bits per heavy atom.